The molecule has 0 saturated carbocycles. The van der Waals surface area contributed by atoms with E-state index in [0.717, 1.165) is 3.57 Å². The maximum Gasteiger partial charge on any atom is 0.267 e. The van der Waals surface area contributed by atoms with Crippen LogP contribution in [0.5, 0.6) is 0 Å². The van der Waals surface area contributed by atoms with Crippen LogP contribution < -0.4 is 11.3 Å². The Bertz CT molecular complexity index is 402. The van der Waals surface area contributed by atoms with Gasteiger partial charge in [-0.1, -0.05) is 6.92 Å². The van der Waals surface area contributed by atoms with Crippen LogP contribution >= 0.6 is 22.6 Å². The van der Waals surface area contributed by atoms with Crippen LogP contribution in [0.3, 0.4) is 0 Å². The summed E-state index contributed by atoms with van der Waals surface area (Å²) < 4.78 is 2.01. The van der Waals surface area contributed by atoms with E-state index >= 15 is 0 Å². The molecule has 14 heavy (non-hydrogen) atoms. The fourth-order valence-corrected chi connectivity index (χ4v) is 1.29. The number of nitrogens with two attached hydrogens (primary N) is 1. The molecule has 1 unspecified atom stereocenters. The van der Waals surface area contributed by atoms with Gasteiger partial charge in [0.2, 0.25) is 5.91 Å². The van der Waals surface area contributed by atoms with Gasteiger partial charge in [-0.25, -0.2) is 4.68 Å². The largest absolute Gasteiger partial charge is 0.369 e. The van der Waals surface area contributed by atoms with Crippen LogP contribution in [-0.2, 0) is 11.3 Å². The number of hydrogen-bond donors (Lipinski definition) is 1. The standard InChI is InChI=1S/C8H10IN3O2/c1-5(8(10)14)4-12-7(13)2-6(9)3-11-12/h2-3,5H,4H2,1H3,(H2,10,14). The van der Waals surface area contributed by atoms with E-state index in [4.69, 9.17) is 5.73 Å². The number of hydrogen-bond acceptors (Lipinski definition) is 3. The van der Waals surface area contributed by atoms with Crippen LogP contribution in [0, 0.1) is 9.49 Å². The van der Waals surface area contributed by atoms with Gasteiger partial charge in [0, 0.05) is 9.64 Å². The van der Waals surface area contributed by atoms with Crippen LogP contribution in [0.2, 0.25) is 0 Å². The molecule has 1 rings (SSSR count). The Hall–Kier alpha value is -0.920. The summed E-state index contributed by atoms with van der Waals surface area (Å²) in [4.78, 5) is 22.1. The monoisotopic (exact) mass is 307 g/mol. The lowest BCUT2D eigenvalue weighted by Crippen LogP contribution is -2.31. The van der Waals surface area contributed by atoms with E-state index in [9.17, 15) is 9.59 Å². The minimum atomic E-state index is -0.433. The highest BCUT2D eigenvalue weighted by Crippen LogP contribution is 1.98. The van der Waals surface area contributed by atoms with Crippen LogP contribution in [0.4, 0.5) is 0 Å². The third-order valence-corrected chi connectivity index (χ3v) is 2.36. The lowest BCUT2D eigenvalue weighted by Gasteiger charge is -2.07. The van der Waals surface area contributed by atoms with Crippen molar-refractivity contribution in [2.45, 2.75) is 13.5 Å². The maximum absolute atomic E-state index is 11.3. The SMILES string of the molecule is CC(Cn1ncc(I)cc1=O)C(N)=O. The van der Waals surface area contributed by atoms with Gasteiger partial charge in [0.25, 0.3) is 5.56 Å². The van der Waals surface area contributed by atoms with Gasteiger partial charge >= 0.3 is 0 Å². The number of carbonyl (C=O) groups is 1. The third-order valence-electron chi connectivity index (χ3n) is 1.77. The molecule has 0 aliphatic rings. The van der Waals surface area contributed by atoms with Gasteiger partial charge in [0.1, 0.15) is 0 Å². The lowest BCUT2D eigenvalue weighted by molar-refractivity contribution is -0.121. The van der Waals surface area contributed by atoms with Crippen molar-refractivity contribution in [3.8, 4) is 0 Å². The first-order chi connectivity index (χ1) is 6.50. The topological polar surface area (TPSA) is 78.0 Å². The number of aromatic nitrogens is 2. The summed E-state index contributed by atoms with van der Waals surface area (Å²) in [7, 11) is 0. The van der Waals surface area contributed by atoms with Crippen molar-refractivity contribution in [1.82, 2.24) is 9.78 Å². The molecule has 1 aromatic rings. The fourth-order valence-electron chi connectivity index (χ4n) is 0.898. The quantitative estimate of drug-likeness (QED) is 0.797. The molecule has 5 nitrogen and oxygen atoms in total. The van der Waals surface area contributed by atoms with Gasteiger partial charge in [-0.15, -0.1) is 0 Å². The van der Waals surface area contributed by atoms with Crippen molar-refractivity contribution in [1.29, 1.82) is 0 Å². The van der Waals surface area contributed by atoms with Gasteiger partial charge in [0.05, 0.1) is 18.7 Å². The molecule has 0 aliphatic carbocycles. The molecule has 1 amide bonds. The Balaban J connectivity index is 2.88. The molecule has 0 saturated heterocycles. The van der Waals surface area contributed by atoms with Crippen molar-refractivity contribution in [2.24, 2.45) is 11.7 Å². The van der Waals surface area contributed by atoms with Crippen molar-refractivity contribution in [3.63, 3.8) is 0 Å². The molecule has 0 radical (unpaired) electrons. The van der Waals surface area contributed by atoms with Gasteiger partial charge in [0.15, 0.2) is 0 Å². The van der Waals surface area contributed by atoms with E-state index in [1.807, 2.05) is 22.6 Å². The molecule has 0 aliphatic heterocycles. The van der Waals surface area contributed by atoms with Crippen LogP contribution in [0.15, 0.2) is 17.1 Å². The lowest BCUT2D eigenvalue weighted by atomic mass is 10.2. The summed E-state index contributed by atoms with van der Waals surface area (Å²) in [5.41, 5.74) is 4.86. The second kappa shape index (κ2) is 4.54. The van der Waals surface area contributed by atoms with E-state index < -0.39 is 5.91 Å². The molecule has 0 aromatic carbocycles. The zero-order valence-electron chi connectivity index (χ0n) is 7.61. The summed E-state index contributed by atoms with van der Waals surface area (Å²) >= 11 is 2.00. The highest BCUT2D eigenvalue weighted by atomic mass is 127. The zero-order valence-corrected chi connectivity index (χ0v) is 9.76. The predicted molar refractivity (Wildman–Crippen MR) is 59.6 cm³/mol. The summed E-state index contributed by atoms with van der Waals surface area (Å²) in [6, 6.07) is 1.46. The van der Waals surface area contributed by atoms with Crippen LogP contribution in [0.25, 0.3) is 0 Å². The van der Waals surface area contributed by atoms with E-state index in [-0.39, 0.29) is 18.0 Å². The van der Waals surface area contributed by atoms with Gasteiger partial charge in [-0.3, -0.25) is 9.59 Å². The number of carbonyl (C=O) groups excluding carboxylic acids is 1. The number of amides is 1. The fraction of sp³-hybridized carbons (Fsp3) is 0.375. The Morgan fingerprint density at radius 1 is 1.79 bits per heavy atom. The predicted octanol–water partition coefficient (Wildman–Crippen LogP) is -0.0307. The molecular formula is C8H10IN3O2. The van der Waals surface area contributed by atoms with Crippen LogP contribution in [-0.4, -0.2) is 15.7 Å². The van der Waals surface area contributed by atoms with Crippen molar-refractivity contribution in [2.75, 3.05) is 0 Å². The first kappa shape index (κ1) is 11.2. The van der Waals surface area contributed by atoms with Crippen molar-refractivity contribution in [3.05, 3.63) is 26.2 Å². The first-order valence-corrected chi connectivity index (χ1v) is 5.10. The number of primary amides is 1. The molecule has 76 valence electrons. The molecular weight excluding hydrogens is 297 g/mol. The Morgan fingerprint density at radius 3 is 2.93 bits per heavy atom. The smallest absolute Gasteiger partial charge is 0.267 e. The summed E-state index contributed by atoms with van der Waals surface area (Å²) in [5.74, 6) is -0.822. The van der Waals surface area contributed by atoms with Crippen LogP contribution in [0.1, 0.15) is 6.92 Å². The minimum absolute atomic E-state index is 0.218. The number of halogens is 1. The van der Waals surface area contributed by atoms with E-state index in [1.165, 1.54) is 10.7 Å². The number of nitrogens with zero attached hydrogens (tertiary/aromatic N) is 2. The van der Waals surface area contributed by atoms with Gasteiger partial charge < -0.3 is 5.73 Å². The van der Waals surface area contributed by atoms with E-state index in [2.05, 4.69) is 5.10 Å². The highest BCUT2D eigenvalue weighted by Gasteiger charge is 2.10. The minimum Gasteiger partial charge on any atom is -0.369 e. The van der Waals surface area contributed by atoms with Gasteiger partial charge in [-0.2, -0.15) is 5.10 Å². The average molecular weight is 307 g/mol. The molecule has 6 heteroatoms. The molecule has 0 fully saturated rings. The molecule has 1 atom stereocenters. The third kappa shape index (κ3) is 2.79. The zero-order chi connectivity index (χ0) is 10.7. The summed E-state index contributed by atoms with van der Waals surface area (Å²) in [6.07, 6.45) is 1.57. The van der Waals surface area contributed by atoms with E-state index in [1.54, 1.807) is 13.1 Å². The van der Waals surface area contributed by atoms with E-state index in [0.29, 0.717) is 0 Å². The normalized spacial score (nSPS) is 12.4. The molecule has 2 N–H and O–H groups in total. The van der Waals surface area contributed by atoms with Crippen molar-refractivity contribution < 1.29 is 4.79 Å². The molecule has 0 spiro atoms. The molecule has 0 bridgehead atoms. The Labute approximate surface area is 94.4 Å². The van der Waals surface area contributed by atoms with Gasteiger partial charge in [-0.05, 0) is 22.6 Å². The second-order valence-corrected chi connectivity index (χ2v) is 4.24. The first-order valence-electron chi connectivity index (χ1n) is 4.02. The maximum atomic E-state index is 11.3. The highest BCUT2D eigenvalue weighted by molar-refractivity contribution is 14.1. The number of rotatable bonds is 3. The molecule has 1 aromatic heterocycles. The second-order valence-electron chi connectivity index (χ2n) is 3.00. The van der Waals surface area contributed by atoms with Crippen molar-refractivity contribution >= 4 is 28.5 Å². The Morgan fingerprint density at radius 2 is 2.43 bits per heavy atom. The Kier molecular flexibility index (Phi) is 3.62. The average Bonchev–Trinajstić information content (AvgIpc) is 2.09. The summed E-state index contributed by atoms with van der Waals surface area (Å²) in [6.45, 7) is 1.89. The summed E-state index contributed by atoms with van der Waals surface area (Å²) in [5, 5.41) is 3.89. The molecule has 1 heterocycles.